The smallest absolute Gasteiger partial charge is 0.331 e. The highest BCUT2D eigenvalue weighted by Gasteiger charge is 2.43. The lowest BCUT2D eigenvalue weighted by Crippen LogP contribution is -2.44. The first-order valence-electron chi connectivity index (χ1n) is 12.7. The van der Waals surface area contributed by atoms with Crippen molar-refractivity contribution in [3.63, 3.8) is 0 Å². The molecule has 4 aromatic carbocycles. The van der Waals surface area contributed by atoms with Gasteiger partial charge in [-0.2, -0.15) is 0 Å². The van der Waals surface area contributed by atoms with Crippen LogP contribution in [0, 0.1) is 0 Å². The van der Waals surface area contributed by atoms with Crippen LogP contribution in [0.1, 0.15) is 58.9 Å². The lowest BCUT2D eigenvalue weighted by atomic mass is 9.95. The van der Waals surface area contributed by atoms with Gasteiger partial charge in [0.1, 0.15) is 6.04 Å². The average molecular weight is 539 g/mol. The minimum absolute atomic E-state index is 0.217. The molecular formula is C32H27ClN2O4. The van der Waals surface area contributed by atoms with Gasteiger partial charge in [-0.15, -0.1) is 0 Å². The van der Waals surface area contributed by atoms with Crippen molar-refractivity contribution in [1.29, 1.82) is 0 Å². The van der Waals surface area contributed by atoms with Gasteiger partial charge in [-0.05, 0) is 58.0 Å². The molecule has 0 aliphatic carbocycles. The van der Waals surface area contributed by atoms with Crippen LogP contribution in [0.3, 0.4) is 0 Å². The first kappa shape index (κ1) is 26.2. The van der Waals surface area contributed by atoms with Gasteiger partial charge in [0.2, 0.25) is 0 Å². The molecule has 0 saturated heterocycles. The summed E-state index contributed by atoms with van der Waals surface area (Å²) in [7, 11) is 0. The molecule has 2 atom stereocenters. The zero-order valence-electron chi connectivity index (χ0n) is 21.5. The summed E-state index contributed by atoms with van der Waals surface area (Å²) in [5.74, 6) is -2.00. The van der Waals surface area contributed by atoms with E-state index in [1.165, 1.54) is 0 Å². The van der Waals surface area contributed by atoms with Gasteiger partial charge >= 0.3 is 5.97 Å². The minimum Gasteiger partial charge on any atom is -0.479 e. The number of carboxylic acid groups (broad SMARTS) is 1. The monoisotopic (exact) mass is 538 g/mol. The number of carbonyl (C=O) groups is 3. The molecular weight excluding hydrogens is 512 g/mol. The fraction of sp³-hybridized carbons (Fsp3) is 0.156. The standard InChI is InChI=1S/C32H27ClN2O4/c1-19(2)22-9-6-10-23(17-22)24-13-16-27-26(18-24)31(37)35(29(32(38)39)20-7-4-3-5-8-20)28(30(36)34-27)21-11-14-25(33)15-12-21/h3-19,28-29H,1-2H3,(H,34,36)(H,38,39). The second-order valence-electron chi connectivity index (χ2n) is 9.85. The predicted octanol–water partition coefficient (Wildman–Crippen LogP) is 7.09. The number of amides is 2. The molecule has 0 bridgehead atoms. The van der Waals surface area contributed by atoms with Crippen molar-refractivity contribution >= 4 is 35.1 Å². The molecule has 39 heavy (non-hydrogen) atoms. The van der Waals surface area contributed by atoms with E-state index >= 15 is 0 Å². The molecule has 1 aliphatic heterocycles. The minimum atomic E-state index is -1.41. The number of halogens is 1. The Morgan fingerprint density at radius 3 is 2.18 bits per heavy atom. The molecule has 6 nitrogen and oxygen atoms in total. The number of rotatable bonds is 6. The highest BCUT2D eigenvalue weighted by molar-refractivity contribution is 6.30. The SMILES string of the molecule is CC(C)c1cccc(-c2ccc3c(c2)C(=O)N(C(C(=O)O)c2ccccc2)C(c2ccc(Cl)cc2)C(=O)N3)c1. The molecule has 0 spiro atoms. The van der Waals surface area contributed by atoms with Crippen LogP contribution in [0.5, 0.6) is 0 Å². The maximum Gasteiger partial charge on any atom is 0.331 e. The van der Waals surface area contributed by atoms with E-state index in [2.05, 4.69) is 31.3 Å². The zero-order chi connectivity index (χ0) is 27.7. The van der Waals surface area contributed by atoms with Crippen LogP contribution in [0.15, 0.2) is 97.1 Å². The molecule has 2 amide bonds. The van der Waals surface area contributed by atoms with Crippen molar-refractivity contribution in [2.24, 2.45) is 0 Å². The molecule has 1 heterocycles. The number of nitrogens with one attached hydrogen (secondary N) is 1. The van der Waals surface area contributed by atoms with Gasteiger partial charge in [0.05, 0.1) is 11.3 Å². The summed E-state index contributed by atoms with van der Waals surface area (Å²) in [4.78, 5) is 42.0. The van der Waals surface area contributed by atoms with Gasteiger partial charge in [-0.25, -0.2) is 4.79 Å². The van der Waals surface area contributed by atoms with E-state index in [-0.39, 0.29) is 5.56 Å². The number of fused-ring (bicyclic) bond motifs is 1. The van der Waals surface area contributed by atoms with E-state index in [4.69, 9.17) is 11.6 Å². The van der Waals surface area contributed by atoms with Crippen LogP contribution >= 0.6 is 11.6 Å². The Kier molecular flexibility index (Phi) is 7.22. The van der Waals surface area contributed by atoms with Crippen molar-refractivity contribution in [2.75, 3.05) is 5.32 Å². The molecule has 0 aromatic heterocycles. The predicted molar refractivity (Wildman–Crippen MR) is 152 cm³/mol. The molecule has 0 fully saturated rings. The molecule has 196 valence electrons. The fourth-order valence-electron chi connectivity index (χ4n) is 4.95. The van der Waals surface area contributed by atoms with Gasteiger partial charge in [0.15, 0.2) is 6.04 Å². The van der Waals surface area contributed by atoms with E-state index in [1.54, 1.807) is 66.7 Å². The van der Waals surface area contributed by atoms with E-state index in [1.807, 2.05) is 18.2 Å². The fourth-order valence-corrected chi connectivity index (χ4v) is 5.08. The molecule has 4 aromatic rings. The molecule has 2 N–H and O–H groups in total. The van der Waals surface area contributed by atoms with Crippen LogP contribution < -0.4 is 5.32 Å². The second-order valence-corrected chi connectivity index (χ2v) is 10.3. The Hall–Kier alpha value is -4.42. The quantitative estimate of drug-likeness (QED) is 0.274. The normalized spacial score (nSPS) is 15.9. The number of carbonyl (C=O) groups excluding carboxylic acids is 2. The summed E-state index contributed by atoms with van der Waals surface area (Å²) < 4.78 is 0. The Morgan fingerprint density at radius 2 is 1.51 bits per heavy atom. The number of aliphatic carboxylic acids is 1. The zero-order valence-corrected chi connectivity index (χ0v) is 22.2. The molecule has 0 radical (unpaired) electrons. The van der Waals surface area contributed by atoms with Crippen molar-refractivity contribution in [3.8, 4) is 11.1 Å². The summed E-state index contributed by atoms with van der Waals surface area (Å²) >= 11 is 6.10. The second kappa shape index (κ2) is 10.8. The highest BCUT2D eigenvalue weighted by Crippen LogP contribution is 2.39. The molecule has 5 rings (SSSR count). The first-order valence-corrected chi connectivity index (χ1v) is 13.0. The molecule has 0 saturated carbocycles. The maximum atomic E-state index is 14.4. The van der Waals surface area contributed by atoms with Crippen molar-refractivity contribution in [2.45, 2.75) is 31.8 Å². The van der Waals surface area contributed by atoms with E-state index in [0.717, 1.165) is 21.6 Å². The Bertz CT molecular complexity index is 1550. The van der Waals surface area contributed by atoms with E-state index < -0.39 is 29.9 Å². The van der Waals surface area contributed by atoms with E-state index in [0.29, 0.717) is 27.8 Å². The highest BCUT2D eigenvalue weighted by atomic mass is 35.5. The largest absolute Gasteiger partial charge is 0.479 e. The lowest BCUT2D eigenvalue weighted by Gasteiger charge is -2.34. The maximum absolute atomic E-state index is 14.4. The number of anilines is 1. The van der Waals surface area contributed by atoms with E-state index in [9.17, 15) is 19.5 Å². The number of nitrogens with zero attached hydrogens (tertiary/aromatic N) is 1. The Morgan fingerprint density at radius 1 is 0.846 bits per heavy atom. The van der Waals surface area contributed by atoms with Gasteiger partial charge in [-0.3, -0.25) is 9.59 Å². The molecule has 1 aliphatic rings. The molecule has 7 heteroatoms. The van der Waals surface area contributed by atoms with Crippen molar-refractivity contribution < 1.29 is 19.5 Å². The third kappa shape index (κ3) is 5.16. The Labute approximate surface area is 231 Å². The first-order chi connectivity index (χ1) is 18.7. The summed E-state index contributed by atoms with van der Waals surface area (Å²) in [6.45, 7) is 4.22. The van der Waals surface area contributed by atoms with Gasteiger partial charge in [0, 0.05) is 5.02 Å². The summed E-state index contributed by atoms with van der Waals surface area (Å²) in [5.41, 5.74) is 4.24. The van der Waals surface area contributed by atoms with Crippen LogP contribution in [-0.2, 0) is 9.59 Å². The summed E-state index contributed by atoms with van der Waals surface area (Å²) in [6.07, 6.45) is 0. The Balaban J connectivity index is 1.69. The number of hydrogen-bond donors (Lipinski definition) is 2. The van der Waals surface area contributed by atoms with Crippen LogP contribution in [0.4, 0.5) is 5.69 Å². The average Bonchev–Trinajstić information content (AvgIpc) is 3.03. The third-order valence-corrected chi connectivity index (χ3v) is 7.22. The number of benzene rings is 4. The van der Waals surface area contributed by atoms with Crippen molar-refractivity contribution in [3.05, 3.63) is 124 Å². The van der Waals surface area contributed by atoms with Crippen LogP contribution in [0.2, 0.25) is 5.02 Å². The van der Waals surface area contributed by atoms with Gasteiger partial charge < -0.3 is 15.3 Å². The molecule has 2 unspecified atom stereocenters. The van der Waals surface area contributed by atoms with Crippen molar-refractivity contribution in [1.82, 2.24) is 4.90 Å². The topological polar surface area (TPSA) is 86.7 Å². The number of carboxylic acids is 1. The third-order valence-electron chi connectivity index (χ3n) is 6.97. The van der Waals surface area contributed by atoms with Gasteiger partial charge in [0.25, 0.3) is 11.8 Å². The lowest BCUT2D eigenvalue weighted by molar-refractivity contribution is -0.144. The van der Waals surface area contributed by atoms with Gasteiger partial charge in [-0.1, -0.05) is 98.2 Å². The summed E-state index contributed by atoms with van der Waals surface area (Å²) in [6, 6.07) is 25.7. The van der Waals surface area contributed by atoms with Crippen LogP contribution in [0.25, 0.3) is 11.1 Å². The van der Waals surface area contributed by atoms with Crippen LogP contribution in [-0.4, -0.2) is 27.8 Å². The number of hydrogen-bond acceptors (Lipinski definition) is 3. The summed E-state index contributed by atoms with van der Waals surface area (Å²) in [5, 5.41) is 13.7.